The van der Waals surface area contributed by atoms with Crippen LogP contribution >= 0.6 is 0 Å². The van der Waals surface area contributed by atoms with Crippen LogP contribution in [-0.2, 0) is 40.9 Å². The Hall–Kier alpha value is -4.73. The number of amides is 1. The summed E-state index contributed by atoms with van der Waals surface area (Å²) in [6.45, 7) is -0.746. The van der Waals surface area contributed by atoms with E-state index in [1.807, 2.05) is 0 Å². The summed E-state index contributed by atoms with van der Waals surface area (Å²) in [6, 6.07) is 15.9. The highest BCUT2D eigenvalue weighted by atomic mass is 32.2. The quantitative estimate of drug-likeness (QED) is 0.179. The molecule has 6 nitrogen and oxygen atoms in total. The van der Waals surface area contributed by atoms with Crippen LogP contribution in [0.5, 0.6) is 5.75 Å². The lowest BCUT2D eigenvalue weighted by Gasteiger charge is -2.24. The van der Waals surface area contributed by atoms with Gasteiger partial charge in [-0.25, -0.2) is 8.42 Å². The number of sulfonamides is 1. The smallest absolute Gasteiger partial charge is 0.417 e. The number of nitrogens with zero attached hydrogens (tertiary/aromatic N) is 1. The van der Waals surface area contributed by atoms with E-state index in [-0.39, 0.29) is 28.8 Å². The van der Waals surface area contributed by atoms with Gasteiger partial charge >= 0.3 is 18.5 Å². The standard InChI is InChI=1S/C31H23F9N2O4S/c1-42(47(44,45)18-19-7-3-2-4-8-19)26-14-12-22(16-27(26)46-17-20-9-5-6-10-24(20)30(35,36)37)41-28(43)23-13-11-21(29(32,33)34)15-25(23)31(38,39)40/h2-16H,17-18H2,1H3,(H,41,43). The van der Waals surface area contributed by atoms with Crippen molar-refractivity contribution >= 4 is 27.3 Å². The molecule has 4 aromatic rings. The van der Waals surface area contributed by atoms with E-state index in [2.05, 4.69) is 5.32 Å². The highest BCUT2D eigenvalue weighted by molar-refractivity contribution is 7.92. The minimum atomic E-state index is -5.35. The third kappa shape index (κ3) is 8.55. The van der Waals surface area contributed by atoms with Gasteiger partial charge in [0.15, 0.2) is 0 Å². The summed E-state index contributed by atoms with van der Waals surface area (Å²) in [5, 5.41) is 2.10. The van der Waals surface area contributed by atoms with Crippen LogP contribution in [0.2, 0.25) is 0 Å². The number of hydrogen-bond acceptors (Lipinski definition) is 4. The monoisotopic (exact) mass is 690 g/mol. The largest absolute Gasteiger partial charge is 0.487 e. The Morgan fingerprint density at radius 3 is 1.98 bits per heavy atom. The molecular weight excluding hydrogens is 667 g/mol. The minimum absolute atomic E-state index is 0.200. The van der Waals surface area contributed by atoms with E-state index < -0.39 is 69.1 Å². The van der Waals surface area contributed by atoms with Crippen LogP contribution in [0.1, 0.15) is 38.2 Å². The van der Waals surface area contributed by atoms with Gasteiger partial charge in [-0.15, -0.1) is 0 Å². The lowest BCUT2D eigenvalue weighted by atomic mass is 10.0. The molecule has 0 radical (unpaired) electrons. The summed E-state index contributed by atoms with van der Waals surface area (Å²) >= 11 is 0. The topological polar surface area (TPSA) is 75.7 Å². The van der Waals surface area contributed by atoms with Gasteiger partial charge in [-0.1, -0.05) is 48.5 Å². The minimum Gasteiger partial charge on any atom is -0.487 e. The van der Waals surface area contributed by atoms with Crippen molar-refractivity contribution in [3.63, 3.8) is 0 Å². The maximum atomic E-state index is 13.7. The molecule has 4 rings (SSSR count). The highest BCUT2D eigenvalue weighted by Crippen LogP contribution is 2.39. The molecule has 250 valence electrons. The van der Waals surface area contributed by atoms with Gasteiger partial charge in [-0.05, 0) is 42.0 Å². The Morgan fingerprint density at radius 2 is 1.36 bits per heavy atom. The number of benzene rings is 4. The molecule has 0 saturated carbocycles. The lowest BCUT2D eigenvalue weighted by Crippen LogP contribution is -2.28. The van der Waals surface area contributed by atoms with Crippen LogP contribution in [0.3, 0.4) is 0 Å². The van der Waals surface area contributed by atoms with E-state index in [0.717, 1.165) is 47.8 Å². The van der Waals surface area contributed by atoms with Crippen molar-refractivity contribution in [2.45, 2.75) is 30.9 Å². The van der Waals surface area contributed by atoms with E-state index in [9.17, 15) is 52.7 Å². The molecule has 0 heterocycles. The number of anilines is 2. The molecule has 0 saturated heterocycles. The molecule has 0 aliphatic rings. The molecule has 16 heteroatoms. The number of ether oxygens (including phenoxy) is 1. The highest BCUT2D eigenvalue weighted by Gasteiger charge is 2.39. The van der Waals surface area contributed by atoms with E-state index in [4.69, 9.17) is 4.74 Å². The second-order valence-electron chi connectivity index (χ2n) is 10.0. The summed E-state index contributed by atoms with van der Waals surface area (Å²) in [4.78, 5) is 12.9. The summed E-state index contributed by atoms with van der Waals surface area (Å²) < 4.78 is 154. The van der Waals surface area contributed by atoms with Gasteiger partial charge in [0, 0.05) is 24.4 Å². The Labute approximate surface area is 262 Å². The van der Waals surface area contributed by atoms with Crippen LogP contribution in [-0.4, -0.2) is 21.4 Å². The Morgan fingerprint density at radius 1 is 0.745 bits per heavy atom. The average Bonchev–Trinajstić information content (AvgIpc) is 2.98. The first-order valence-corrected chi connectivity index (χ1v) is 14.9. The van der Waals surface area contributed by atoms with Crippen molar-refractivity contribution in [3.05, 3.63) is 124 Å². The van der Waals surface area contributed by atoms with Crippen molar-refractivity contribution in [1.29, 1.82) is 0 Å². The number of hydrogen-bond donors (Lipinski definition) is 1. The zero-order valence-electron chi connectivity index (χ0n) is 24.0. The Kier molecular flexibility index (Phi) is 9.85. The first-order chi connectivity index (χ1) is 21.8. The van der Waals surface area contributed by atoms with Crippen molar-refractivity contribution in [1.82, 2.24) is 0 Å². The van der Waals surface area contributed by atoms with Gasteiger partial charge < -0.3 is 10.1 Å². The summed E-state index contributed by atoms with van der Waals surface area (Å²) in [7, 11) is -3.01. The molecule has 0 aromatic heterocycles. The second kappa shape index (κ2) is 13.2. The van der Waals surface area contributed by atoms with Crippen LogP contribution in [0.15, 0.2) is 91.0 Å². The second-order valence-corrected chi connectivity index (χ2v) is 12.0. The van der Waals surface area contributed by atoms with Crippen LogP contribution in [0.4, 0.5) is 50.9 Å². The molecular formula is C31H23F9N2O4S. The normalized spacial score (nSPS) is 12.5. The van der Waals surface area contributed by atoms with E-state index in [1.54, 1.807) is 30.3 Å². The van der Waals surface area contributed by atoms with Crippen LogP contribution in [0.25, 0.3) is 0 Å². The van der Waals surface area contributed by atoms with Crippen molar-refractivity contribution in [2.24, 2.45) is 0 Å². The van der Waals surface area contributed by atoms with Gasteiger partial charge in [-0.2, -0.15) is 39.5 Å². The molecule has 0 aliphatic carbocycles. The van der Waals surface area contributed by atoms with E-state index in [0.29, 0.717) is 17.7 Å². The van der Waals surface area contributed by atoms with Crippen LogP contribution < -0.4 is 14.4 Å². The lowest BCUT2D eigenvalue weighted by molar-refractivity contribution is -0.143. The summed E-state index contributed by atoms with van der Waals surface area (Å²) in [5.41, 5.74) is -6.14. The van der Waals surface area contributed by atoms with Gasteiger partial charge in [0.2, 0.25) is 10.0 Å². The molecule has 0 fully saturated rings. The van der Waals surface area contributed by atoms with Crippen LogP contribution in [0, 0.1) is 0 Å². The summed E-state index contributed by atoms with van der Waals surface area (Å²) in [5.74, 6) is -2.35. The summed E-state index contributed by atoms with van der Waals surface area (Å²) in [6.07, 6.45) is -15.3. The Bertz CT molecular complexity index is 1860. The average molecular weight is 691 g/mol. The molecule has 0 bridgehead atoms. The van der Waals surface area contributed by atoms with Crippen molar-refractivity contribution < 1.29 is 57.5 Å². The van der Waals surface area contributed by atoms with Gasteiger partial charge in [-0.3, -0.25) is 9.10 Å². The number of carbonyl (C=O) groups excluding carboxylic acids is 1. The van der Waals surface area contributed by atoms with Crippen molar-refractivity contribution in [2.75, 3.05) is 16.7 Å². The third-order valence-electron chi connectivity index (χ3n) is 6.77. The SMILES string of the molecule is CN(c1ccc(NC(=O)c2ccc(C(F)(F)F)cc2C(F)(F)F)cc1OCc1ccccc1C(F)(F)F)S(=O)(=O)Cc1ccccc1. The molecule has 1 N–H and O–H groups in total. The fraction of sp³-hybridized carbons (Fsp3) is 0.194. The van der Waals surface area contributed by atoms with Gasteiger partial charge in [0.1, 0.15) is 12.4 Å². The first-order valence-electron chi connectivity index (χ1n) is 13.3. The molecule has 0 unspecified atom stereocenters. The first kappa shape index (κ1) is 35.1. The number of nitrogens with one attached hydrogen (secondary N) is 1. The molecule has 0 spiro atoms. The van der Waals surface area contributed by atoms with Gasteiger partial charge in [0.05, 0.1) is 33.7 Å². The fourth-order valence-electron chi connectivity index (χ4n) is 4.43. The molecule has 0 aliphatic heterocycles. The zero-order chi connectivity index (χ0) is 34.8. The predicted octanol–water partition coefficient (Wildman–Crippen LogP) is 8.54. The maximum Gasteiger partial charge on any atom is 0.417 e. The van der Waals surface area contributed by atoms with Gasteiger partial charge in [0.25, 0.3) is 5.91 Å². The number of halogens is 9. The predicted molar refractivity (Wildman–Crippen MR) is 154 cm³/mol. The molecule has 47 heavy (non-hydrogen) atoms. The van der Waals surface area contributed by atoms with E-state index >= 15 is 0 Å². The van der Waals surface area contributed by atoms with E-state index in [1.165, 1.54) is 6.07 Å². The molecule has 0 atom stereocenters. The molecule has 1 amide bonds. The molecule has 4 aromatic carbocycles. The third-order valence-corrected chi connectivity index (χ3v) is 8.50. The number of carbonyl (C=O) groups is 1. The fourth-order valence-corrected chi connectivity index (χ4v) is 5.69. The number of rotatable bonds is 9. The Balaban J connectivity index is 1.72. The van der Waals surface area contributed by atoms with Crippen molar-refractivity contribution in [3.8, 4) is 5.75 Å². The zero-order valence-corrected chi connectivity index (χ0v) is 24.8. The number of alkyl halides is 9. The maximum absolute atomic E-state index is 13.7.